The van der Waals surface area contributed by atoms with Crippen molar-refractivity contribution in [3.63, 3.8) is 0 Å². The van der Waals surface area contributed by atoms with Crippen LogP contribution in [-0.4, -0.2) is 34.5 Å². The number of anilines is 1. The lowest BCUT2D eigenvalue weighted by molar-refractivity contribution is 0.785. The fraction of sp³-hybridized carbons (Fsp3) is 0.500. The van der Waals surface area contributed by atoms with Crippen molar-refractivity contribution in [2.45, 2.75) is 0 Å². The van der Waals surface area contributed by atoms with Gasteiger partial charge < -0.3 is 4.90 Å². The third-order valence-corrected chi connectivity index (χ3v) is 0.882. The molecule has 0 aliphatic heterocycles. The summed E-state index contributed by atoms with van der Waals surface area (Å²) in [7, 11) is 3.52. The van der Waals surface area contributed by atoms with Gasteiger partial charge >= 0.3 is 5.69 Å². The average Bonchev–Trinajstić information content (AvgIpc) is 1.88. The predicted molar refractivity (Wildman–Crippen MR) is 34.8 cm³/mol. The van der Waals surface area contributed by atoms with E-state index in [1.807, 2.05) is 0 Å². The van der Waals surface area contributed by atoms with E-state index in [9.17, 15) is 4.79 Å². The molecule has 0 bridgehead atoms. The van der Waals surface area contributed by atoms with Gasteiger partial charge in [-0.2, -0.15) is 0 Å². The van der Waals surface area contributed by atoms with E-state index in [4.69, 9.17) is 0 Å². The van der Waals surface area contributed by atoms with Crippen LogP contribution in [0.15, 0.2) is 4.79 Å². The summed E-state index contributed by atoms with van der Waals surface area (Å²) in [5, 5.41) is 12.5. The van der Waals surface area contributed by atoms with Crippen molar-refractivity contribution in [1.29, 1.82) is 0 Å². The number of hydrogen-bond donors (Lipinski definition) is 1. The zero-order chi connectivity index (χ0) is 7.56. The van der Waals surface area contributed by atoms with E-state index >= 15 is 0 Å². The fourth-order valence-electron chi connectivity index (χ4n) is 0.422. The Morgan fingerprint density at radius 3 is 2.50 bits per heavy atom. The van der Waals surface area contributed by atoms with Crippen molar-refractivity contribution in [3.8, 4) is 0 Å². The highest BCUT2D eigenvalue weighted by molar-refractivity contribution is 5.20. The van der Waals surface area contributed by atoms with E-state index in [1.165, 1.54) is 0 Å². The maximum atomic E-state index is 10.3. The SMILES string of the molecule is CN(C)c1nnc(=O)[nH]n1. The molecule has 54 valence electrons. The van der Waals surface area contributed by atoms with E-state index in [1.54, 1.807) is 19.0 Å². The van der Waals surface area contributed by atoms with Gasteiger partial charge in [0.1, 0.15) is 0 Å². The summed E-state index contributed by atoms with van der Waals surface area (Å²) in [5.74, 6) is 0.389. The van der Waals surface area contributed by atoms with Gasteiger partial charge in [-0.3, -0.25) is 0 Å². The van der Waals surface area contributed by atoms with E-state index in [-0.39, 0.29) is 0 Å². The van der Waals surface area contributed by atoms with E-state index in [0.29, 0.717) is 5.95 Å². The molecule has 1 rings (SSSR count). The molecule has 6 heteroatoms. The Morgan fingerprint density at radius 2 is 2.10 bits per heavy atom. The highest BCUT2D eigenvalue weighted by Gasteiger charge is 1.96. The number of aromatic nitrogens is 4. The monoisotopic (exact) mass is 141 g/mol. The molecule has 0 radical (unpaired) electrons. The van der Waals surface area contributed by atoms with Crippen LogP contribution in [0.2, 0.25) is 0 Å². The molecule has 0 spiro atoms. The molecule has 1 aromatic heterocycles. The van der Waals surface area contributed by atoms with Gasteiger partial charge in [0.15, 0.2) is 0 Å². The van der Waals surface area contributed by atoms with Crippen LogP contribution >= 0.6 is 0 Å². The summed E-state index contributed by atoms with van der Waals surface area (Å²) in [6.07, 6.45) is 0. The number of rotatable bonds is 1. The lowest BCUT2D eigenvalue weighted by Gasteiger charge is -2.05. The topological polar surface area (TPSA) is 74.8 Å². The number of H-pyrrole nitrogens is 1. The lowest BCUT2D eigenvalue weighted by atomic mass is 10.8. The van der Waals surface area contributed by atoms with Crippen LogP contribution in [-0.2, 0) is 0 Å². The fourth-order valence-corrected chi connectivity index (χ4v) is 0.422. The zero-order valence-electron chi connectivity index (χ0n) is 5.70. The molecule has 1 N–H and O–H groups in total. The molecular weight excluding hydrogens is 134 g/mol. The van der Waals surface area contributed by atoms with Crippen molar-refractivity contribution in [1.82, 2.24) is 20.4 Å². The Morgan fingerprint density at radius 1 is 1.40 bits per heavy atom. The van der Waals surface area contributed by atoms with Gasteiger partial charge in [-0.15, -0.1) is 10.2 Å². The summed E-state index contributed by atoms with van der Waals surface area (Å²) >= 11 is 0. The van der Waals surface area contributed by atoms with Crippen LogP contribution in [0.4, 0.5) is 5.95 Å². The molecule has 0 aliphatic carbocycles. The van der Waals surface area contributed by atoms with Crippen molar-refractivity contribution in [2.75, 3.05) is 19.0 Å². The van der Waals surface area contributed by atoms with Gasteiger partial charge in [-0.25, -0.2) is 9.89 Å². The normalized spacial score (nSPS) is 9.40. The Labute approximate surface area is 56.9 Å². The standard InChI is InChI=1S/C4H7N5O/c1-9(2)3-5-7-4(10)8-6-3/h1-2H3,(H,7,8,10). The second-order valence-corrected chi connectivity index (χ2v) is 1.92. The predicted octanol–water partition coefficient (Wildman–Crippen LogP) is -1.37. The number of hydrogen-bond acceptors (Lipinski definition) is 5. The molecule has 0 aliphatic rings. The smallest absolute Gasteiger partial charge is 0.344 e. The molecule has 0 aromatic carbocycles. The van der Waals surface area contributed by atoms with Crippen LogP contribution in [0, 0.1) is 0 Å². The summed E-state index contributed by atoms with van der Waals surface area (Å²) in [6, 6.07) is 0. The van der Waals surface area contributed by atoms with Crippen molar-refractivity contribution in [2.24, 2.45) is 0 Å². The maximum absolute atomic E-state index is 10.3. The molecule has 6 nitrogen and oxygen atoms in total. The first-order valence-electron chi connectivity index (χ1n) is 2.67. The minimum absolute atomic E-state index is 0.389. The van der Waals surface area contributed by atoms with Gasteiger partial charge in [-0.05, 0) is 0 Å². The van der Waals surface area contributed by atoms with Crippen LogP contribution in [0.1, 0.15) is 0 Å². The Kier molecular flexibility index (Phi) is 1.61. The zero-order valence-corrected chi connectivity index (χ0v) is 5.70. The molecule has 0 fully saturated rings. The van der Waals surface area contributed by atoms with Crippen LogP contribution in [0.5, 0.6) is 0 Å². The molecule has 0 saturated carbocycles. The first-order valence-corrected chi connectivity index (χ1v) is 2.67. The number of aromatic amines is 1. The van der Waals surface area contributed by atoms with Gasteiger partial charge in [0.05, 0.1) is 0 Å². The third kappa shape index (κ3) is 1.28. The minimum atomic E-state index is -0.536. The van der Waals surface area contributed by atoms with Gasteiger partial charge in [0.2, 0.25) is 0 Å². The van der Waals surface area contributed by atoms with Crippen molar-refractivity contribution < 1.29 is 0 Å². The van der Waals surface area contributed by atoms with Crippen molar-refractivity contribution in [3.05, 3.63) is 10.5 Å². The van der Waals surface area contributed by atoms with Gasteiger partial charge in [0, 0.05) is 14.1 Å². The number of nitrogens with zero attached hydrogens (tertiary/aromatic N) is 4. The summed E-state index contributed by atoms with van der Waals surface area (Å²) in [4.78, 5) is 12.0. The summed E-state index contributed by atoms with van der Waals surface area (Å²) in [6.45, 7) is 0. The highest BCUT2D eigenvalue weighted by Crippen LogP contribution is 1.91. The molecule has 0 atom stereocenters. The second kappa shape index (κ2) is 2.42. The minimum Gasteiger partial charge on any atom is -0.344 e. The van der Waals surface area contributed by atoms with E-state index in [2.05, 4.69) is 20.4 Å². The largest absolute Gasteiger partial charge is 0.380 e. The first kappa shape index (κ1) is 6.66. The second-order valence-electron chi connectivity index (χ2n) is 1.92. The Bertz CT molecular complexity index is 246. The molecule has 1 heterocycles. The van der Waals surface area contributed by atoms with Crippen LogP contribution in [0.25, 0.3) is 0 Å². The Hall–Kier alpha value is -1.46. The molecule has 0 unspecified atom stereocenters. The molecular formula is C4H7N5O. The van der Waals surface area contributed by atoms with Crippen LogP contribution in [0.3, 0.4) is 0 Å². The van der Waals surface area contributed by atoms with Gasteiger partial charge in [0.25, 0.3) is 5.95 Å². The lowest BCUT2D eigenvalue weighted by Crippen LogP contribution is -2.20. The molecule has 0 saturated heterocycles. The van der Waals surface area contributed by atoms with Crippen molar-refractivity contribution >= 4 is 5.95 Å². The average molecular weight is 141 g/mol. The Balaban J connectivity index is 3.00. The molecule has 1 aromatic rings. The molecule has 0 amide bonds. The third-order valence-electron chi connectivity index (χ3n) is 0.882. The quantitative estimate of drug-likeness (QED) is 0.522. The maximum Gasteiger partial charge on any atom is 0.380 e. The molecule has 10 heavy (non-hydrogen) atoms. The summed E-state index contributed by atoms with van der Waals surface area (Å²) < 4.78 is 0. The van der Waals surface area contributed by atoms with E-state index < -0.39 is 5.69 Å². The van der Waals surface area contributed by atoms with E-state index in [0.717, 1.165) is 0 Å². The van der Waals surface area contributed by atoms with Crippen LogP contribution < -0.4 is 10.6 Å². The highest BCUT2D eigenvalue weighted by atomic mass is 16.1. The summed E-state index contributed by atoms with van der Waals surface area (Å²) in [5.41, 5.74) is -0.536. The van der Waals surface area contributed by atoms with Gasteiger partial charge in [-0.1, -0.05) is 5.10 Å². The first-order chi connectivity index (χ1) is 4.70. The number of nitrogens with one attached hydrogen (secondary N) is 1.